The molecule has 0 radical (unpaired) electrons. The van der Waals surface area contributed by atoms with Gasteiger partial charge in [0.05, 0.1) is 24.3 Å². The molecule has 4 rings (SSSR count). The maximum Gasteiger partial charge on any atom is 0.234 e. The molecule has 1 saturated heterocycles. The van der Waals surface area contributed by atoms with Gasteiger partial charge in [-0.1, -0.05) is 54.1 Å². The van der Waals surface area contributed by atoms with Gasteiger partial charge >= 0.3 is 0 Å². The number of amides is 1. The molecule has 0 aliphatic carbocycles. The molecule has 3 aromatic rings. The number of nitrogens with one attached hydrogen (secondary N) is 1. The lowest BCUT2D eigenvalue weighted by atomic mass is 10.0. The summed E-state index contributed by atoms with van der Waals surface area (Å²) in [6.45, 7) is 6.09. The monoisotopic (exact) mass is 374 g/mol. The van der Waals surface area contributed by atoms with E-state index in [1.807, 2.05) is 12.4 Å². The number of rotatable bonds is 6. The van der Waals surface area contributed by atoms with Crippen molar-refractivity contribution in [1.82, 2.24) is 19.8 Å². The van der Waals surface area contributed by atoms with Gasteiger partial charge < -0.3 is 9.88 Å². The van der Waals surface area contributed by atoms with Gasteiger partial charge in [0.15, 0.2) is 0 Å². The van der Waals surface area contributed by atoms with Crippen LogP contribution in [0.5, 0.6) is 0 Å². The smallest absolute Gasteiger partial charge is 0.234 e. The minimum Gasteiger partial charge on any atom is -0.354 e. The Kier molecular flexibility index (Phi) is 5.53. The second kappa shape index (κ2) is 8.40. The van der Waals surface area contributed by atoms with Gasteiger partial charge in [-0.25, -0.2) is 4.98 Å². The van der Waals surface area contributed by atoms with Crippen LogP contribution in [0.25, 0.3) is 22.5 Å². The average Bonchev–Trinajstić information content (AvgIpc) is 3.13. The molecular formula is C23H26N4O. The van der Waals surface area contributed by atoms with Gasteiger partial charge in [0.25, 0.3) is 0 Å². The first-order valence-corrected chi connectivity index (χ1v) is 9.87. The standard InChI is InChI=1S/C23H26N4O/c1-18-7-5-10-20(15-18)23-22(19-8-3-2-4-9-19)25-17-27(23)13-6-12-26-14-11-24-21(28)16-26/h2-5,7-10,15,17H,6,11-14,16H2,1H3,(H,24,28). The SMILES string of the molecule is Cc1cccc(-c2c(-c3ccccc3)ncn2CCCN2CCNC(=O)C2)c1. The van der Waals surface area contributed by atoms with Crippen LogP contribution < -0.4 is 5.32 Å². The highest BCUT2D eigenvalue weighted by Gasteiger charge is 2.17. The molecule has 1 aliphatic rings. The highest BCUT2D eigenvalue weighted by molar-refractivity contribution is 5.79. The van der Waals surface area contributed by atoms with Crippen molar-refractivity contribution in [2.75, 3.05) is 26.2 Å². The third kappa shape index (κ3) is 4.15. The second-order valence-electron chi connectivity index (χ2n) is 7.35. The average molecular weight is 374 g/mol. The summed E-state index contributed by atoms with van der Waals surface area (Å²) in [5.74, 6) is 0.126. The maximum absolute atomic E-state index is 11.6. The van der Waals surface area contributed by atoms with Gasteiger partial charge in [-0.15, -0.1) is 0 Å². The van der Waals surface area contributed by atoms with E-state index in [9.17, 15) is 4.79 Å². The molecule has 0 unspecified atom stereocenters. The largest absolute Gasteiger partial charge is 0.354 e. The molecule has 1 N–H and O–H groups in total. The van der Waals surface area contributed by atoms with Crippen LogP contribution in [0.2, 0.25) is 0 Å². The summed E-state index contributed by atoms with van der Waals surface area (Å²) < 4.78 is 2.25. The number of aromatic nitrogens is 2. The van der Waals surface area contributed by atoms with Crippen LogP contribution in [0.1, 0.15) is 12.0 Å². The van der Waals surface area contributed by atoms with Crippen LogP contribution in [0, 0.1) is 6.92 Å². The van der Waals surface area contributed by atoms with E-state index in [4.69, 9.17) is 4.98 Å². The topological polar surface area (TPSA) is 50.2 Å². The zero-order valence-corrected chi connectivity index (χ0v) is 16.3. The number of carbonyl (C=O) groups is 1. The zero-order chi connectivity index (χ0) is 19.3. The Morgan fingerprint density at radius 1 is 1.04 bits per heavy atom. The van der Waals surface area contributed by atoms with Crippen LogP contribution in [0.3, 0.4) is 0 Å². The summed E-state index contributed by atoms with van der Waals surface area (Å²) in [5, 5.41) is 2.88. The zero-order valence-electron chi connectivity index (χ0n) is 16.3. The Morgan fingerprint density at radius 3 is 2.64 bits per heavy atom. The highest BCUT2D eigenvalue weighted by atomic mass is 16.2. The van der Waals surface area contributed by atoms with E-state index < -0.39 is 0 Å². The lowest BCUT2D eigenvalue weighted by Crippen LogP contribution is -2.47. The number of piperazine rings is 1. The van der Waals surface area contributed by atoms with Crippen molar-refractivity contribution in [2.45, 2.75) is 19.9 Å². The fraction of sp³-hybridized carbons (Fsp3) is 0.304. The first-order chi connectivity index (χ1) is 13.7. The molecule has 1 aromatic heterocycles. The van der Waals surface area contributed by atoms with Crippen molar-refractivity contribution in [3.63, 3.8) is 0 Å². The number of benzene rings is 2. The summed E-state index contributed by atoms with van der Waals surface area (Å²) in [7, 11) is 0. The van der Waals surface area contributed by atoms with Crippen LogP contribution in [-0.2, 0) is 11.3 Å². The number of aryl methyl sites for hydroxylation is 2. The molecule has 1 fully saturated rings. The Balaban J connectivity index is 1.58. The van der Waals surface area contributed by atoms with Crippen LogP contribution in [0.15, 0.2) is 60.9 Å². The summed E-state index contributed by atoms with van der Waals surface area (Å²) in [4.78, 5) is 18.5. The molecule has 28 heavy (non-hydrogen) atoms. The molecule has 5 heteroatoms. The summed E-state index contributed by atoms with van der Waals surface area (Å²) in [5.41, 5.74) is 5.73. The first kappa shape index (κ1) is 18.4. The number of nitrogens with zero attached hydrogens (tertiary/aromatic N) is 3. The fourth-order valence-corrected chi connectivity index (χ4v) is 3.80. The predicted octanol–water partition coefficient (Wildman–Crippen LogP) is 3.35. The highest BCUT2D eigenvalue weighted by Crippen LogP contribution is 2.31. The lowest BCUT2D eigenvalue weighted by Gasteiger charge is -2.26. The Hall–Kier alpha value is -2.92. The number of hydrogen-bond acceptors (Lipinski definition) is 3. The van der Waals surface area contributed by atoms with E-state index in [0.717, 1.165) is 49.6 Å². The van der Waals surface area contributed by atoms with Gasteiger partial charge in [0.1, 0.15) is 0 Å². The summed E-state index contributed by atoms with van der Waals surface area (Å²) >= 11 is 0. The third-order valence-electron chi connectivity index (χ3n) is 5.17. The minimum absolute atomic E-state index is 0.126. The number of carbonyl (C=O) groups excluding carboxylic acids is 1. The van der Waals surface area contributed by atoms with Crippen molar-refractivity contribution in [2.24, 2.45) is 0 Å². The van der Waals surface area contributed by atoms with E-state index in [1.54, 1.807) is 0 Å². The molecule has 5 nitrogen and oxygen atoms in total. The Morgan fingerprint density at radius 2 is 1.86 bits per heavy atom. The summed E-state index contributed by atoms with van der Waals surface area (Å²) in [6.07, 6.45) is 2.93. The van der Waals surface area contributed by atoms with Crippen molar-refractivity contribution in [1.29, 1.82) is 0 Å². The normalized spacial score (nSPS) is 14.8. The van der Waals surface area contributed by atoms with E-state index >= 15 is 0 Å². The first-order valence-electron chi connectivity index (χ1n) is 9.87. The quantitative estimate of drug-likeness (QED) is 0.720. The molecule has 2 heterocycles. The Labute approximate surface area is 166 Å². The van der Waals surface area contributed by atoms with Crippen molar-refractivity contribution < 1.29 is 4.79 Å². The fourth-order valence-electron chi connectivity index (χ4n) is 3.80. The molecule has 0 atom stereocenters. The van der Waals surface area contributed by atoms with Crippen LogP contribution in [0.4, 0.5) is 0 Å². The van der Waals surface area contributed by atoms with Gasteiger partial charge in [0, 0.05) is 37.3 Å². The molecule has 144 valence electrons. The molecule has 0 saturated carbocycles. The lowest BCUT2D eigenvalue weighted by molar-refractivity contribution is -0.124. The molecule has 0 spiro atoms. The van der Waals surface area contributed by atoms with Gasteiger partial charge in [0.2, 0.25) is 5.91 Å². The maximum atomic E-state index is 11.6. The molecule has 1 amide bonds. The molecule has 0 bridgehead atoms. The van der Waals surface area contributed by atoms with E-state index in [2.05, 4.69) is 70.2 Å². The van der Waals surface area contributed by atoms with Crippen molar-refractivity contribution in [3.05, 3.63) is 66.5 Å². The number of imidazole rings is 1. The van der Waals surface area contributed by atoms with Gasteiger partial charge in [-0.2, -0.15) is 0 Å². The van der Waals surface area contributed by atoms with Crippen molar-refractivity contribution in [3.8, 4) is 22.5 Å². The third-order valence-corrected chi connectivity index (χ3v) is 5.17. The van der Waals surface area contributed by atoms with Gasteiger partial charge in [-0.3, -0.25) is 9.69 Å². The molecule has 1 aliphatic heterocycles. The van der Waals surface area contributed by atoms with Crippen molar-refractivity contribution >= 4 is 5.91 Å². The second-order valence-corrected chi connectivity index (χ2v) is 7.35. The Bertz CT molecular complexity index is 948. The van der Waals surface area contributed by atoms with E-state index in [-0.39, 0.29) is 5.91 Å². The van der Waals surface area contributed by atoms with E-state index in [1.165, 1.54) is 11.1 Å². The van der Waals surface area contributed by atoms with Gasteiger partial charge in [-0.05, 0) is 19.4 Å². The van der Waals surface area contributed by atoms with Crippen LogP contribution >= 0.6 is 0 Å². The van der Waals surface area contributed by atoms with Crippen LogP contribution in [-0.4, -0.2) is 46.5 Å². The minimum atomic E-state index is 0.126. The molecular weight excluding hydrogens is 348 g/mol. The number of hydrogen-bond donors (Lipinski definition) is 1. The predicted molar refractivity (Wildman–Crippen MR) is 112 cm³/mol. The molecule has 2 aromatic carbocycles. The van der Waals surface area contributed by atoms with E-state index in [0.29, 0.717) is 6.54 Å². The summed E-state index contributed by atoms with van der Waals surface area (Å²) in [6, 6.07) is 18.9.